The van der Waals surface area contributed by atoms with Crippen LogP contribution in [-0.4, -0.2) is 22.6 Å². The molecular weight excluding hydrogens is 314 g/mol. The molecule has 0 saturated carbocycles. The van der Waals surface area contributed by atoms with E-state index in [0.717, 1.165) is 16.8 Å². The average molecular weight is 330 g/mol. The Bertz CT molecular complexity index is 724. The number of carbonyl (C=O) groups is 1. The van der Waals surface area contributed by atoms with Gasteiger partial charge in [-0.25, -0.2) is 14.8 Å². The second-order valence-electron chi connectivity index (χ2n) is 4.68. The van der Waals surface area contributed by atoms with E-state index in [-0.39, 0.29) is 11.9 Å². The fraction of sp³-hybridized carbons (Fsp3) is 0.235. The molecule has 1 aromatic heterocycles. The Balaban J connectivity index is 1.69. The van der Waals surface area contributed by atoms with Gasteiger partial charge in [-0.1, -0.05) is 42.2 Å². The molecular formula is C17H16ClN3O2. The maximum atomic E-state index is 11.5. The molecule has 1 amide bonds. The van der Waals surface area contributed by atoms with Gasteiger partial charge in [0, 0.05) is 19.2 Å². The minimum absolute atomic E-state index is 0.205. The summed E-state index contributed by atoms with van der Waals surface area (Å²) in [4.78, 5) is 19.4. The van der Waals surface area contributed by atoms with Crippen molar-refractivity contribution in [1.29, 1.82) is 0 Å². The number of nitrogens with zero attached hydrogens (tertiary/aromatic N) is 2. The van der Waals surface area contributed by atoms with Crippen LogP contribution in [0.15, 0.2) is 36.5 Å². The van der Waals surface area contributed by atoms with E-state index in [1.165, 1.54) is 0 Å². The predicted octanol–water partition coefficient (Wildman–Crippen LogP) is 3.11. The summed E-state index contributed by atoms with van der Waals surface area (Å²) in [7, 11) is 0. The third-order valence-corrected chi connectivity index (χ3v) is 3.09. The summed E-state index contributed by atoms with van der Waals surface area (Å²) in [6.07, 6.45) is 1.63. The first kappa shape index (κ1) is 16.8. The summed E-state index contributed by atoms with van der Waals surface area (Å²) in [5.74, 6) is 5.89. The van der Waals surface area contributed by atoms with Gasteiger partial charge in [0.1, 0.15) is 6.61 Å². The van der Waals surface area contributed by atoms with Crippen molar-refractivity contribution in [3.63, 3.8) is 0 Å². The predicted molar refractivity (Wildman–Crippen MR) is 87.9 cm³/mol. The van der Waals surface area contributed by atoms with Crippen LogP contribution in [0.5, 0.6) is 0 Å². The maximum Gasteiger partial charge on any atom is 0.407 e. The lowest BCUT2D eigenvalue weighted by molar-refractivity contribution is 0.140. The first-order valence-electron chi connectivity index (χ1n) is 7.07. The van der Waals surface area contributed by atoms with Gasteiger partial charge in [0.2, 0.25) is 5.28 Å². The van der Waals surface area contributed by atoms with E-state index in [4.69, 9.17) is 16.3 Å². The lowest BCUT2D eigenvalue weighted by atomic mass is 10.2. The molecule has 0 aliphatic heterocycles. The first-order valence-corrected chi connectivity index (χ1v) is 7.45. The molecule has 0 fully saturated rings. The number of aryl methyl sites for hydroxylation is 1. The number of amides is 1. The largest absolute Gasteiger partial charge is 0.445 e. The van der Waals surface area contributed by atoms with Gasteiger partial charge in [0.25, 0.3) is 0 Å². The van der Waals surface area contributed by atoms with Crippen molar-refractivity contribution in [2.24, 2.45) is 0 Å². The summed E-state index contributed by atoms with van der Waals surface area (Å²) in [6.45, 7) is 2.48. The summed E-state index contributed by atoms with van der Waals surface area (Å²) in [5.41, 5.74) is 2.40. The molecule has 1 aromatic carbocycles. The molecule has 0 bridgehead atoms. The van der Waals surface area contributed by atoms with Crippen LogP contribution < -0.4 is 5.32 Å². The van der Waals surface area contributed by atoms with Gasteiger partial charge < -0.3 is 10.1 Å². The Hall–Kier alpha value is -2.58. The quantitative estimate of drug-likeness (QED) is 0.532. The van der Waals surface area contributed by atoms with Gasteiger partial charge in [-0.3, -0.25) is 0 Å². The number of carbonyl (C=O) groups excluding carboxylic acids is 1. The third kappa shape index (κ3) is 5.97. The fourth-order valence-corrected chi connectivity index (χ4v) is 1.90. The molecule has 1 heterocycles. The van der Waals surface area contributed by atoms with Crippen LogP contribution in [-0.2, 0) is 11.3 Å². The molecule has 2 aromatic rings. The van der Waals surface area contributed by atoms with Crippen molar-refractivity contribution in [2.75, 3.05) is 6.54 Å². The van der Waals surface area contributed by atoms with Crippen LogP contribution in [0.3, 0.4) is 0 Å². The number of benzene rings is 1. The summed E-state index contributed by atoms with van der Waals surface area (Å²) < 4.78 is 5.09. The van der Waals surface area contributed by atoms with E-state index in [0.29, 0.717) is 13.0 Å². The number of rotatable bonds is 4. The Morgan fingerprint density at radius 3 is 2.87 bits per heavy atom. The lowest BCUT2D eigenvalue weighted by Crippen LogP contribution is -2.24. The van der Waals surface area contributed by atoms with Crippen LogP contribution in [0.2, 0.25) is 5.28 Å². The van der Waals surface area contributed by atoms with Crippen molar-refractivity contribution in [1.82, 2.24) is 15.3 Å². The number of hydrogen-bond donors (Lipinski definition) is 1. The molecule has 0 unspecified atom stereocenters. The molecule has 0 aliphatic carbocycles. The van der Waals surface area contributed by atoms with E-state index in [1.807, 2.05) is 37.3 Å². The zero-order valence-electron chi connectivity index (χ0n) is 12.7. The fourth-order valence-electron chi connectivity index (χ4n) is 1.72. The minimum Gasteiger partial charge on any atom is -0.445 e. The molecule has 118 valence electrons. The number of alkyl carbamates (subject to hydrolysis) is 1. The Morgan fingerprint density at radius 2 is 2.13 bits per heavy atom. The highest BCUT2D eigenvalue weighted by atomic mass is 35.5. The zero-order valence-corrected chi connectivity index (χ0v) is 13.4. The molecule has 0 aliphatic rings. The number of hydrogen-bond acceptors (Lipinski definition) is 4. The van der Waals surface area contributed by atoms with E-state index in [1.54, 1.807) is 6.20 Å². The lowest BCUT2D eigenvalue weighted by Gasteiger charge is -2.05. The molecule has 5 nitrogen and oxygen atoms in total. The third-order valence-electron chi connectivity index (χ3n) is 2.91. The standard InChI is InChI=1S/C17H16ClN3O2/c1-13-15(11-20-16(18)21-13)9-5-6-10-19-17(22)23-12-14-7-3-2-4-8-14/h2-4,7-8,11H,6,10,12H2,1H3,(H,19,22). The van der Waals surface area contributed by atoms with Gasteiger partial charge in [0.05, 0.1) is 11.3 Å². The number of nitrogens with one attached hydrogen (secondary N) is 1. The van der Waals surface area contributed by atoms with Crippen molar-refractivity contribution in [2.45, 2.75) is 20.0 Å². The molecule has 23 heavy (non-hydrogen) atoms. The highest BCUT2D eigenvalue weighted by Gasteiger charge is 2.01. The monoisotopic (exact) mass is 329 g/mol. The average Bonchev–Trinajstić information content (AvgIpc) is 2.55. The Morgan fingerprint density at radius 1 is 1.35 bits per heavy atom. The highest BCUT2D eigenvalue weighted by Crippen LogP contribution is 2.05. The van der Waals surface area contributed by atoms with Gasteiger partial charge >= 0.3 is 6.09 Å². The summed E-state index contributed by atoms with van der Waals surface area (Å²) >= 11 is 5.68. The first-order chi connectivity index (χ1) is 11.1. The molecule has 6 heteroatoms. The van der Waals surface area contributed by atoms with E-state index in [9.17, 15) is 4.79 Å². The maximum absolute atomic E-state index is 11.5. The van der Waals surface area contributed by atoms with Crippen molar-refractivity contribution in [3.05, 3.63) is 58.6 Å². The van der Waals surface area contributed by atoms with Gasteiger partial charge in [-0.15, -0.1) is 0 Å². The van der Waals surface area contributed by atoms with Crippen molar-refractivity contribution < 1.29 is 9.53 Å². The molecule has 0 saturated heterocycles. The Labute approximate surface area is 140 Å². The number of aromatic nitrogens is 2. The minimum atomic E-state index is -0.457. The second-order valence-corrected chi connectivity index (χ2v) is 5.02. The number of halogens is 1. The summed E-state index contributed by atoms with van der Waals surface area (Å²) in [5, 5.41) is 2.85. The van der Waals surface area contributed by atoms with Gasteiger partial charge in [-0.05, 0) is 24.1 Å². The van der Waals surface area contributed by atoms with Crippen LogP contribution in [0, 0.1) is 18.8 Å². The Kier molecular flexibility index (Phi) is 6.40. The highest BCUT2D eigenvalue weighted by molar-refractivity contribution is 6.28. The van der Waals surface area contributed by atoms with Crippen LogP contribution >= 0.6 is 11.6 Å². The van der Waals surface area contributed by atoms with E-state index >= 15 is 0 Å². The van der Waals surface area contributed by atoms with Gasteiger partial charge in [-0.2, -0.15) is 0 Å². The molecule has 2 rings (SSSR count). The van der Waals surface area contributed by atoms with Crippen molar-refractivity contribution in [3.8, 4) is 11.8 Å². The SMILES string of the molecule is Cc1nc(Cl)ncc1C#CCCNC(=O)OCc1ccccc1. The molecule has 0 spiro atoms. The second kappa shape index (κ2) is 8.76. The van der Waals surface area contributed by atoms with Crippen LogP contribution in [0.25, 0.3) is 0 Å². The summed E-state index contributed by atoms with van der Waals surface area (Å²) in [6, 6.07) is 9.50. The zero-order chi connectivity index (χ0) is 16.5. The smallest absolute Gasteiger partial charge is 0.407 e. The molecule has 0 atom stereocenters. The van der Waals surface area contributed by atoms with Crippen molar-refractivity contribution >= 4 is 17.7 Å². The van der Waals surface area contributed by atoms with E-state index < -0.39 is 6.09 Å². The molecule has 0 radical (unpaired) electrons. The van der Waals surface area contributed by atoms with Gasteiger partial charge in [0.15, 0.2) is 0 Å². The van der Waals surface area contributed by atoms with Crippen LogP contribution in [0.1, 0.15) is 23.2 Å². The number of ether oxygens (including phenoxy) is 1. The normalized spacial score (nSPS) is 9.65. The van der Waals surface area contributed by atoms with E-state index in [2.05, 4.69) is 27.1 Å². The van der Waals surface area contributed by atoms with Crippen LogP contribution in [0.4, 0.5) is 4.79 Å². The topological polar surface area (TPSA) is 64.1 Å². The molecule has 1 N–H and O–H groups in total.